The number of hydrogen-bond acceptors (Lipinski definition) is 1. The summed E-state index contributed by atoms with van der Waals surface area (Å²) in [5.41, 5.74) is 2.38. The molecule has 0 saturated carbocycles. The summed E-state index contributed by atoms with van der Waals surface area (Å²) in [7, 11) is 0. The van der Waals surface area contributed by atoms with E-state index in [1.807, 2.05) is 19.2 Å². The van der Waals surface area contributed by atoms with Gasteiger partial charge in [-0.15, -0.1) is 0 Å². The van der Waals surface area contributed by atoms with E-state index in [9.17, 15) is 0 Å². The maximum Gasteiger partial charge on any atom is 0.0401 e. The molecule has 0 bridgehead atoms. The summed E-state index contributed by atoms with van der Waals surface area (Å²) in [5, 5.41) is 0. The van der Waals surface area contributed by atoms with E-state index >= 15 is 0 Å². The Morgan fingerprint density at radius 1 is 1.30 bits per heavy atom. The first kappa shape index (κ1) is 12.9. The SMILES string of the molecule is Cc1cccnc1C.[CH3-].[Y]. The minimum absolute atomic E-state index is 0. The van der Waals surface area contributed by atoms with Crippen molar-refractivity contribution in [2.75, 3.05) is 0 Å². The van der Waals surface area contributed by atoms with Gasteiger partial charge in [-0.1, -0.05) is 6.07 Å². The third-order valence-electron chi connectivity index (χ3n) is 1.27. The molecule has 0 N–H and O–H groups in total. The minimum Gasteiger partial charge on any atom is -0.358 e. The fourth-order valence-electron chi connectivity index (χ4n) is 0.565. The first-order valence-corrected chi connectivity index (χ1v) is 2.69. The van der Waals surface area contributed by atoms with Crippen LogP contribution in [0, 0.1) is 21.3 Å². The summed E-state index contributed by atoms with van der Waals surface area (Å²) < 4.78 is 0. The van der Waals surface area contributed by atoms with Gasteiger partial charge in [0.2, 0.25) is 0 Å². The van der Waals surface area contributed by atoms with Crippen LogP contribution in [0.2, 0.25) is 0 Å². The van der Waals surface area contributed by atoms with Gasteiger partial charge in [0.25, 0.3) is 0 Å². The van der Waals surface area contributed by atoms with E-state index in [4.69, 9.17) is 0 Å². The topological polar surface area (TPSA) is 12.9 Å². The largest absolute Gasteiger partial charge is 0.358 e. The van der Waals surface area contributed by atoms with Gasteiger partial charge in [-0.05, 0) is 25.5 Å². The van der Waals surface area contributed by atoms with Crippen LogP contribution in [0.4, 0.5) is 0 Å². The standard InChI is InChI=1S/C7H9N.CH3.Y/c1-6-4-3-5-8-7(6)2;;/h3-5H,1-2H3;1H3;/q;-1;. The zero-order valence-electron chi connectivity index (χ0n) is 6.76. The molecule has 0 saturated heterocycles. The molecule has 0 aromatic carbocycles. The third-order valence-corrected chi connectivity index (χ3v) is 1.27. The van der Waals surface area contributed by atoms with Crippen LogP contribution in [-0.4, -0.2) is 4.98 Å². The van der Waals surface area contributed by atoms with Gasteiger partial charge in [-0.25, -0.2) is 0 Å². The molecule has 0 spiro atoms. The van der Waals surface area contributed by atoms with Crippen molar-refractivity contribution in [2.45, 2.75) is 13.8 Å². The van der Waals surface area contributed by atoms with E-state index in [1.165, 1.54) is 5.56 Å². The maximum atomic E-state index is 4.08. The van der Waals surface area contributed by atoms with E-state index in [0.717, 1.165) is 5.69 Å². The second-order valence-corrected chi connectivity index (χ2v) is 1.91. The predicted octanol–water partition coefficient (Wildman–Crippen LogP) is 2.15. The van der Waals surface area contributed by atoms with Crippen molar-refractivity contribution in [3.05, 3.63) is 37.0 Å². The summed E-state index contributed by atoms with van der Waals surface area (Å²) >= 11 is 0. The fraction of sp³-hybridized carbons (Fsp3) is 0.250. The van der Waals surface area contributed by atoms with Crippen molar-refractivity contribution in [2.24, 2.45) is 0 Å². The van der Waals surface area contributed by atoms with Crippen molar-refractivity contribution in [3.63, 3.8) is 0 Å². The van der Waals surface area contributed by atoms with Crippen LogP contribution in [0.25, 0.3) is 0 Å². The fourth-order valence-corrected chi connectivity index (χ4v) is 0.565. The van der Waals surface area contributed by atoms with E-state index in [0.29, 0.717) is 0 Å². The summed E-state index contributed by atoms with van der Waals surface area (Å²) in [6.07, 6.45) is 1.81. The van der Waals surface area contributed by atoms with Gasteiger partial charge >= 0.3 is 0 Å². The van der Waals surface area contributed by atoms with Crippen molar-refractivity contribution in [1.29, 1.82) is 0 Å². The van der Waals surface area contributed by atoms with Gasteiger partial charge in [0.05, 0.1) is 0 Å². The summed E-state index contributed by atoms with van der Waals surface area (Å²) in [5.74, 6) is 0. The van der Waals surface area contributed by atoms with Crippen molar-refractivity contribution in [1.82, 2.24) is 4.98 Å². The second-order valence-electron chi connectivity index (χ2n) is 1.91. The Bertz CT molecular complexity index is 165. The van der Waals surface area contributed by atoms with Crippen LogP contribution < -0.4 is 0 Å². The van der Waals surface area contributed by atoms with Crippen molar-refractivity contribution in [3.8, 4) is 0 Å². The van der Waals surface area contributed by atoms with Crippen molar-refractivity contribution < 1.29 is 32.7 Å². The number of pyridine rings is 1. The number of hydrogen-bond donors (Lipinski definition) is 0. The molecule has 0 aliphatic rings. The molecule has 1 heterocycles. The third kappa shape index (κ3) is 3.43. The van der Waals surface area contributed by atoms with E-state index in [1.54, 1.807) is 0 Å². The average molecular weight is 211 g/mol. The molecule has 0 fully saturated rings. The molecule has 53 valence electrons. The number of nitrogens with zero attached hydrogens (tertiary/aromatic N) is 1. The molecule has 1 radical (unpaired) electrons. The zero-order chi connectivity index (χ0) is 5.98. The van der Waals surface area contributed by atoms with Crippen LogP contribution in [0.1, 0.15) is 11.3 Å². The molecule has 2 heteroatoms. The normalized spacial score (nSPS) is 7.40. The molecule has 1 aromatic rings. The number of aromatic nitrogens is 1. The molecule has 10 heavy (non-hydrogen) atoms. The molecular weight excluding hydrogens is 199 g/mol. The minimum atomic E-state index is 0. The number of rotatable bonds is 0. The van der Waals surface area contributed by atoms with Crippen LogP contribution >= 0.6 is 0 Å². The van der Waals surface area contributed by atoms with E-state index in [-0.39, 0.29) is 40.1 Å². The molecule has 1 rings (SSSR count). The maximum absolute atomic E-state index is 4.08. The molecule has 0 unspecified atom stereocenters. The van der Waals surface area contributed by atoms with E-state index < -0.39 is 0 Å². The molecule has 0 aliphatic carbocycles. The first-order chi connectivity index (χ1) is 3.80. The Morgan fingerprint density at radius 2 is 1.90 bits per heavy atom. The Kier molecular flexibility index (Phi) is 7.73. The van der Waals surface area contributed by atoms with Crippen LogP contribution in [-0.2, 0) is 32.7 Å². The molecular formula is C8H12NY-. The first-order valence-electron chi connectivity index (χ1n) is 2.69. The molecule has 1 nitrogen and oxygen atoms in total. The molecule has 0 aliphatic heterocycles. The van der Waals surface area contributed by atoms with Gasteiger partial charge in [0, 0.05) is 44.6 Å². The monoisotopic (exact) mass is 211 g/mol. The molecule has 1 aromatic heterocycles. The summed E-state index contributed by atoms with van der Waals surface area (Å²) in [6.45, 7) is 4.07. The molecule has 0 amide bonds. The Hall–Kier alpha value is 0.254. The van der Waals surface area contributed by atoms with Crippen LogP contribution in [0.15, 0.2) is 18.3 Å². The quantitative estimate of drug-likeness (QED) is 0.599. The second kappa shape index (κ2) is 6.00. The summed E-state index contributed by atoms with van der Waals surface area (Å²) in [6, 6.07) is 4.00. The Labute approximate surface area is 88.1 Å². The average Bonchev–Trinajstić information content (AvgIpc) is 1.77. The van der Waals surface area contributed by atoms with Gasteiger partial charge in [0.15, 0.2) is 0 Å². The summed E-state index contributed by atoms with van der Waals surface area (Å²) in [4.78, 5) is 4.08. The smallest absolute Gasteiger partial charge is 0.0401 e. The van der Waals surface area contributed by atoms with Gasteiger partial charge < -0.3 is 7.43 Å². The van der Waals surface area contributed by atoms with Gasteiger partial charge in [0.1, 0.15) is 0 Å². The number of aryl methyl sites for hydroxylation is 2. The van der Waals surface area contributed by atoms with Gasteiger partial charge in [-0.3, -0.25) is 4.98 Å². The predicted molar refractivity (Wildman–Crippen MR) is 40.1 cm³/mol. The zero-order valence-corrected chi connectivity index (χ0v) is 9.59. The van der Waals surface area contributed by atoms with Crippen LogP contribution in [0.5, 0.6) is 0 Å². The van der Waals surface area contributed by atoms with Gasteiger partial charge in [-0.2, -0.15) is 0 Å². The van der Waals surface area contributed by atoms with Crippen LogP contribution in [0.3, 0.4) is 0 Å². The Morgan fingerprint density at radius 3 is 2.20 bits per heavy atom. The molecule has 0 atom stereocenters. The van der Waals surface area contributed by atoms with Crippen molar-refractivity contribution >= 4 is 0 Å². The van der Waals surface area contributed by atoms with E-state index in [2.05, 4.69) is 18.0 Å². The Balaban J connectivity index is 0.